The van der Waals surface area contributed by atoms with Gasteiger partial charge in [0, 0.05) is 61.5 Å². The van der Waals surface area contributed by atoms with Gasteiger partial charge in [0.05, 0.1) is 34.9 Å². The van der Waals surface area contributed by atoms with Gasteiger partial charge in [0.2, 0.25) is 5.43 Å². The Morgan fingerprint density at radius 3 is 1.54 bits per heavy atom. The number of carbonyl (C=O) groups is 1. The summed E-state index contributed by atoms with van der Waals surface area (Å²) in [7, 11) is 0. The molecule has 0 aliphatic carbocycles. The molecule has 0 amide bonds. The molecule has 0 spiro atoms. The van der Waals surface area contributed by atoms with E-state index in [9.17, 15) is 30.0 Å². The number of ether oxygens (including phenoxy) is 1. The van der Waals surface area contributed by atoms with Crippen molar-refractivity contribution in [2.45, 2.75) is 24.5 Å². The number of aliphatic hydroxyl groups excluding tert-OH is 3. The monoisotopic (exact) mass is 933 g/mol. The van der Waals surface area contributed by atoms with Crippen molar-refractivity contribution in [2.24, 2.45) is 0 Å². The molecule has 12 nitrogen and oxygen atoms in total. The molecule has 4 aromatic heterocycles. The van der Waals surface area contributed by atoms with E-state index >= 15 is 0 Å². The number of aromatic carboxylic acids is 1. The zero-order valence-corrected chi connectivity index (χ0v) is 37.8. The fourth-order valence-corrected chi connectivity index (χ4v) is 10.1. The molecule has 1 saturated heterocycles. The Hall–Kier alpha value is -8.78. The topological polar surface area (TPSA) is 187 Å². The molecule has 1 fully saturated rings. The second kappa shape index (κ2) is 17.6. The first-order chi connectivity index (χ1) is 34.7. The first kappa shape index (κ1) is 43.5. The average molecular weight is 934 g/mol. The zero-order chi connectivity index (χ0) is 48.3. The van der Waals surface area contributed by atoms with Crippen LogP contribution in [0.25, 0.3) is 101 Å². The van der Waals surface area contributed by atoms with Crippen LogP contribution in [0, 0.1) is 0 Å². The van der Waals surface area contributed by atoms with Gasteiger partial charge in [-0.2, -0.15) is 0 Å². The molecule has 9 aromatic rings. The Morgan fingerprint density at radius 1 is 0.577 bits per heavy atom. The standard InChI is InChI=1S/C59H43N5O7/c65-32-49-56(67)57(68)58(71-49)64-31-40(59(69)70)55(66)38-22-21-37(29-48(38)64)39-30-47-52(35-17-9-3-10-18-35)45-26-25-43(61-45)50(33-13-5-1-6-14-33)41-23-24-42(60-41)51(34-15-7-2-8-16-34)44-27-28-46(62-44)53(54(39)63-47)36-19-11-4-12-20-36/h1-31,49,56-58,61-62,65,67-68H,32H2,(H,69,70)/t49-,56-,57-,58-/m1/s1. The Balaban J connectivity index is 1.23. The largest absolute Gasteiger partial charge is 0.477 e. The summed E-state index contributed by atoms with van der Waals surface area (Å²) >= 11 is 0. The van der Waals surface area contributed by atoms with Gasteiger partial charge in [-0.25, -0.2) is 14.8 Å². The molecule has 346 valence electrons. The molecular formula is C59H43N5O7. The van der Waals surface area contributed by atoms with E-state index in [2.05, 4.69) is 64.6 Å². The summed E-state index contributed by atoms with van der Waals surface area (Å²) in [5.41, 5.74) is 13.4. The van der Waals surface area contributed by atoms with Crippen molar-refractivity contribution in [3.8, 4) is 44.5 Å². The molecule has 8 bridgehead atoms. The van der Waals surface area contributed by atoms with Gasteiger partial charge in [-0.05, 0) is 82.4 Å². The smallest absolute Gasteiger partial charge is 0.341 e. The SMILES string of the molecule is O=C(O)c1cn([C@@H]2O[C@H](CO)[C@@H](O)[C@H]2O)c2cc(C3=Cc4nc3c(-c3ccccc3)c3ccc([nH]3)c(-c3ccccc3)c3nc(c(-c5ccccc5)c5ccc([nH]5)c4-c4ccccc4)C=C3)ccc2c1=O. The predicted octanol–water partition coefficient (Wildman–Crippen LogP) is 10.4. The summed E-state index contributed by atoms with van der Waals surface area (Å²) in [6.07, 6.45) is 1.72. The summed E-state index contributed by atoms with van der Waals surface area (Å²) in [4.78, 5) is 45.1. The van der Waals surface area contributed by atoms with E-state index in [4.69, 9.17) is 14.7 Å². The van der Waals surface area contributed by atoms with Crippen LogP contribution >= 0.6 is 0 Å². The van der Waals surface area contributed by atoms with Crippen LogP contribution in [0.4, 0.5) is 0 Å². The van der Waals surface area contributed by atoms with Crippen molar-refractivity contribution < 1.29 is 30.0 Å². The number of benzene rings is 5. The molecule has 0 radical (unpaired) electrons. The number of aromatic amines is 2. The van der Waals surface area contributed by atoms with Crippen molar-refractivity contribution >= 4 is 62.7 Å². The van der Waals surface area contributed by atoms with Gasteiger partial charge in [-0.15, -0.1) is 0 Å². The van der Waals surface area contributed by atoms with E-state index in [1.165, 1.54) is 4.57 Å². The highest BCUT2D eigenvalue weighted by Gasteiger charge is 2.44. The summed E-state index contributed by atoms with van der Waals surface area (Å²) < 4.78 is 7.32. The fourth-order valence-electron chi connectivity index (χ4n) is 10.1. The summed E-state index contributed by atoms with van der Waals surface area (Å²) in [6.45, 7) is -0.600. The number of fused-ring (bicyclic) bond motifs is 9. The number of rotatable bonds is 8. The van der Waals surface area contributed by atoms with E-state index in [-0.39, 0.29) is 10.9 Å². The third-order valence-corrected chi connectivity index (χ3v) is 13.5. The van der Waals surface area contributed by atoms with Gasteiger partial charge < -0.3 is 39.7 Å². The van der Waals surface area contributed by atoms with Crippen molar-refractivity contribution in [1.82, 2.24) is 24.5 Å². The minimum Gasteiger partial charge on any atom is -0.477 e. The number of H-pyrrole nitrogens is 2. The quantitative estimate of drug-likeness (QED) is 0.0862. The van der Waals surface area contributed by atoms with E-state index in [1.807, 2.05) is 109 Å². The Bertz CT molecular complexity index is 3880. The molecule has 0 unspecified atom stereocenters. The van der Waals surface area contributed by atoms with E-state index < -0.39 is 48.1 Å². The number of aliphatic hydroxyl groups is 3. The summed E-state index contributed by atoms with van der Waals surface area (Å²) in [6, 6.07) is 53.7. The van der Waals surface area contributed by atoms with Crippen LogP contribution in [0.3, 0.4) is 0 Å². The number of nitrogens with zero attached hydrogens (tertiary/aromatic N) is 3. The molecule has 0 saturated carbocycles. The molecule has 12 heteroatoms. The predicted molar refractivity (Wildman–Crippen MR) is 277 cm³/mol. The minimum absolute atomic E-state index is 0.0495. The van der Waals surface area contributed by atoms with E-state index in [0.717, 1.165) is 84.2 Å². The molecule has 3 aliphatic heterocycles. The lowest BCUT2D eigenvalue weighted by Crippen LogP contribution is -2.33. The molecule has 5 aromatic carbocycles. The van der Waals surface area contributed by atoms with Gasteiger partial charge in [0.15, 0.2) is 6.23 Å². The number of aromatic nitrogens is 5. The van der Waals surface area contributed by atoms with Gasteiger partial charge in [-0.1, -0.05) is 127 Å². The molecule has 4 atom stereocenters. The number of carboxylic acid groups (broad SMARTS) is 1. The first-order valence-electron chi connectivity index (χ1n) is 23.2. The highest BCUT2D eigenvalue weighted by molar-refractivity contribution is 6.06. The van der Waals surface area contributed by atoms with Crippen LogP contribution in [-0.2, 0) is 4.74 Å². The van der Waals surface area contributed by atoms with Gasteiger partial charge in [-0.3, -0.25) is 4.79 Å². The van der Waals surface area contributed by atoms with E-state index in [1.54, 1.807) is 18.2 Å². The highest BCUT2D eigenvalue weighted by Crippen LogP contribution is 2.43. The van der Waals surface area contributed by atoms with Crippen LogP contribution in [0.5, 0.6) is 0 Å². The lowest BCUT2D eigenvalue weighted by Gasteiger charge is -2.22. The number of pyridine rings is 1. The Kier molecular flexibility index (Phi) is 10.8. The number of hydrogen-bond donors (Lipinski definition) is 6. The molecular weight excluding hydrogens is 891 g/mol. The Labute approximate surface area is 405 Å². The lowest BCUT2D eigenvalue weighted by molar-refractivity contribution is -0.0509. The third kappa shape index (κ3) is 7.50. The third-order valence-electron chi connectivity index (χ3n) is 13.5. The second-order valence-electron chi connectivity index (χ2n) is 17.7. The fraction of sp³-hybridized carbons (Fsp3) is 0.0847. The first-order valence-corrected chi connectivity index (χ1v) is 23.2. The van der Waals surface area contributed by atoms with Crippen molar-refractivity contribution in [3.63, 3.8) is 0 Å². The van der Waals surface area contributed by atoms with E-state index in [0.29, 0.717) is 22.5 Å². The van der Waals surface area contributed by atoms with Gasteiger partial charge in [0.1, 0.15) is 23.9 Å². The van der Waals surface area contributed by atoms with Crippen molar-refractivity contribution in [1.29, 1.82) is 0 Å². The number of carboxylic acids is 1. The van der Waals surface area contributed by atoms with Gasteiger partial charge in [0.25, 0.3) is 0 Å². The molecule has 3 aliphatic rings. The lowest BCUT2D eigenvalue weighted by atomic mass is 9.94. The highest BCUT2D eigenvalue weighted by atomic mass is 16.6. The molecule has 71 heavy (non-hydrogen) atoms. The maximum atomic E-state index is 13.9. The Morgan fingerprint density at radius 2 is 1.06 bits per heavy atom. The van der Waals surface area contributed by atoms with Crippen LogP contribution in [0.15, 0.2) is 175 Å². The zero-order valence-electron chi connectivity index (χ0n) is 37.8. The summed E-state index contributed by atoms with van der Waals surface area (Å²) in [5.74, 6) is -1.47. The minimum atomic E-state index is -1.57. The maximum Gasteiger partial charge on any atom is 0.341 e. The molecule has 6 N–H and O–H groups in total. The van der Waals surface area contributed by atoms with Crippen molar-refractivity contribution in [3.05, 3.63) is 214 Å². The normalized spacial score (nSPS) is 17.4. The summed E-state index contributed by atoms with van der Waals surface area (Å²) in [5, 5.41) is 42.5. The van der Waals surface area contributed by atoms with Gasteiger partial charge >= 0.3 is 5.97 Å². The number of hydrogen-bond acceptors (Lipinski definition) is 8. The van der Waals surface area contributed by atoms with Crippen LogP contribution in [-0.4, -0.2) is 75.8 Å². The molecule has 12 rings (SSSR count). The molecule has 7 heterocycles. The van der Waals surface area contributed by atoms with Crippen LogP contribution in [0.2, 0.25) is 0 Å². The number of nitrogens with one attached hydrogen (secondary N) is 2. The average Bonchev–Trinajstić information content (AvgIpc) is 4.28. The van der Waals surface area contributed by atoms with Crippen molar-refractivity contribution in [2.75, 3.05) is 6.61 Å². The van der Waals surface area contributed by atoms with Crippen LogP contribution in [0.1, 0.15) is 44.9 Å². The maximum absolute atomic E-state index is 13.9. The second-order valence-corrected chi connectivity index (χ2v) is 17.7. The van der Waals surface area contributed by atoms with Crippen LogP contribution < -0.4 is 5.43 Å².